The van der Waals surface area contributed by atoms with Crippen LogP contribution in [0.15, 0.2) is 48.5 Å². The van der Waals surface area contributed by atoms with Crippen LogP contribution in [0.2, 0.25) is 0 Å². The van der Waals surface area contributed by atoms with Crippen LogP contribution in [0.25, 0.3) is 44.3 Å². The van der Waals surface area contributed by atoms with Gasteiger partial charge in [-0.1, -0.05) is 43.5 Å². The number of likely N-dealkylation sites (tertiary alicyclic amines) is 2. The molecule has 2 saturated heterocycles. The summed E-state index contributed by atoms with van der Waals surface area (Å²) in [6.07, 6.45) is 8.65. The Morgan fingerprint density at radius 2 is 1.18 bits per heavy atom. The van der Waals surface area contributed by atoms with E-state index in [9.17, 15) is 14.4 Å². The van der Waals surface area contributed by atoms with Crippen molar-refractivity contribution in [2.45, 2.75) is 129 Å². The largest absolute Gasteiger partial charge is 0.444 e. The summed E-state index contributed by atoms with van der Waals surface area (Å²) in [7, 11) is 0. The Balaban J connectivity index is 1.06. The first kappa shape index (κ1) is 37.4. The summed E-state index contributed by atoms with van der Waals surface area (Å²) in [4.78, 5) is 61.6. The standard InChI is InChI=1S/C46H54N6O5/c1-44(2,3)56-42(54)51-22-10-12-36(51)40-47-32-18-14-27(24-34(32)49-40)29-16-17-30(38-31(29)26-46(39(38)53)20-8-7-9-21-46)28-15-19-33-35(25-28)50-41(48-33)37-13-11-23-52(37)43(55)57-45(4,5)6/h14-19,24-25,36-37H,7-13,20-23,26H2,1-6H3,(H,47,49)(H,48,50)/t36-,37-/m0/s1. The van der Waals surface area contributed by atoms with Crippen LogP contribution in [0.3, 0.4) is 0 Å². The van der Waals surface area contributed by atoms with E-state index < -0.39 is 11.2 Å². The molecule has 5 aromatic rings. The number of hydrogen-bond donors (Lipinski definition) is 2. The minimum absolute atomic E-state index is 0.173. The number of benzene rings is 3. The Hall–Kier alpha value is -5.19. The summed E-state index contributed by atoms with van der Waals surface area (Å²) < 4.78 is 11.5. The SMILES string of the molecule is CC(C)(C)OC(=O)N1CCC[C@H]1c1nc2ccc(-c3ccc(-c4ccc5nc([C@@H]6CCCN6C(=O)OC(C)(C)C)[nH]c5c4)c4c3CC3(CCCCC3)C4=O)cc2[nH]1. The number of carbonyl (C=O) groups is 3. The molecule has 0 unspecified atom stereocenters. The molecule has 57 heavy (non-hydrogen) atoms. The Bertz CT molecular complexity index is 2410. The number of carbonyl (C=O) groups excluding carboxylic acids is 3. The molecule has 298 valence electrons. The van der Waals surface area contributed by atoms with Crippen molar-refractivity contribution < 1.29 is 23.9 Å². The van der Waals surface area contributed by atoms with Crippen LogP contribution in [0.5, 0.6) is 0 Å². The van der Waals surface area contributed by atoms with Gasteiger partial charge in [-0.25, -0.2) is 19.6 Å². The number of imidazole rings is 2. The normalized spacial score (nSPS) is 20.9. The van der Waals surface area contributed by atoms with E-state index >= 15 is 0 Å². The molecule has 4 heterocycles. The smallest absolute Gasteiger partial charge is 0.410 e. The third-order valence-electron chi connectivity index (χ3n) is 12.4. The van der Waals surface area contributed by atoms with E-state index in [0.29, 0.717) is 13.1 Å². The van der Waals surface area contributed by atoms with Crippen molar-refractivity contribution in [1.29, 1.82) is 0 Å². The molecule has 3 aromatic carbocycles. The molecule has 9 rings (SSSR count). The highest BCUT2D eigenvalue weighted by Crippen LogP contribution is 2.52. The predicted octanol–water partition coefficient (Wildman–Crippen LogP) is 10.6. The fourth-order valence-electron chi connectivity index (χ4n) is 9.81. The average molecular weight is 771 g/mol. The molecule has 11 nitrogen and oxygen atoms in total. The van der Waals surface area contributed by atoms with Gasteiger partial charge in [-0.05, 0) is 139 Å². The van der Waals surface area contributed by atoms with Crippen molar-refractivity contribution in [2.75, 3.05) is 13.1 Å². The summed E-state index contributed by atoms with van der Waals surface area (Å²) in [6, 6.07) is 16.4. The van der Waals surface area contributed by atoms with E-state index in [0.717, 1.165) is 125 Å². The first-order valence-electron chi connectivity index (χ1n) is 20.9. The summed E-state index contributed by atoms with van der Waals surface area (Å²) in [6.45, 7) is 12.6. The lowest BCUT2D eigenvalue weighted by atomic mass is 9.71. The number of Topliss-reactive ketones (excluding diaryl/α,β-unsaturated/α-hetero) is 1. The van der Waals surface area contributed by atoms with Gasteiger partial charge in [0.05, 0.1) is 34.2 Å². The molecule has 2 aliphatic heterocycles. The van der Waals surface area contributed by atoms with Crippen LogP contribution in [0.4, 0.5) is 9.59 Å². The molecule has 2 atom stereocenters. The summed E-state index contributed by atoms with van der Waals surface area (Å²) in [5.74, 6) is 1.79. The minimum atomic E-state index is -0.575. The maximum absolute atomic E-state index is 14.8. The van der Waals surface area contributed by atoms with Crippen LogP contribution in [-0.2, 0) is 15.9 Å². The second-order valence-electron chi connectivity index (χ2n) is 18.7. The highest BCUT2D eigenvalue weighted by atomic mass is 16.6. The molecule has 1 spiro atoms. The van der Waals surface area contributed by atoms with Gasteiger partial charge in [-0.3, -0.25) is 14.6 Å². The lowest BCUT2D eigenvalue weighted by Crippen LogP contribution is -2.36. The molecule has 2 N–H and O–H groups in total. The number of nitrogens with zero attached hydrogens (tertiary/aromatic N) is 4. The van der Waals surface area contributed by atoms with Gasteiger partial charge in [0.2, 0.25) is 0 Å². The van der Waals surface area contributed by atoms with Crippen LogP contribution >= 0.6 is 0 Å². The van der Waals surface area contributed by atoms with E-state index in [4.69, 9.17) is 19.4 Å². The summed E-state index contributed by atoms with van der Waals surface area (Å²) >= 11 is 0. The van der Waals surface area contributed by atoms with Gasteiger partial charge in [0.1, 0.15) is 22.9 Å². The lowest BCUT2D eigenvalue weighted by molar-refractivity contribution is 0.0208. The molecule has 4 aliphatic rings. The van der Waals surface area contributed by atoms with Crippen molar-refractivity contribution in [3.05, 3.63) is 71.3 Å². The van der Waals surface area contributed by atoms with Crippen molar-refractivity contribution in [1.82, 2.24) is 29.7 Å². The van der Waals surface area contributed by atoms with Crippen molar-refractivity contribution in [3.8, 4) is 22.3 Å². The third-order valence-corrected chi connectivity index (χ3v) is 12.4. The Morgan fingerprint density at radius 1 is 0.684 bits per heavy atom. The quantitative estimate of drug-likeness (QED) is 0.186. The molecule has 2 aromatic heterocycles. The maximum atomic E-state index is 14.8. The third kappa shape index (κ3) is 6.86. The molecule has 2 amide bonds. The highest BCUT2D eigenvalue weighted by Gasteiger charge is 2.48. The second kappa shape index (κ2) is 13.7. The molecule has 0 radical (unpaired) electrons. The number of ether oxygens (including phenoxy) is 2. The van der Waals surface area contributed by atoms with Crippen LogP contribution in [-0.4, -0.2) is 72.0 Å². The van der Waals surface area contributed by atoms with Gasteiger partial charge >= 0.3 is 12.2 Å². The fourth-order valence-corrected chi connectivity index (χ4v) is 9.81. The summed E-state index contributed by atoms with van der Waals surface area (Å²) in [5.41, 5.74) is 7.92. The zero-order valence-electron chi connectivity index (χ0n) is 34.1. The number of H-pyrrole nitrogens is 2. The Morgan fingerprint density at radius 3 is 1.68 bits per heavy atom. The Kier molecular flexibility index (Phi) is 9.01. The molecular formula is C46H54N6O5. The van der Waals surface area contributed by atoms with E-state index in [1.165, 1.54) is 6.42 Å². The van der Waals surface area contributed by atoms with Crippen LogP contribution < -0.4 is 0 Å². The van der Waals surface area contributed by atoms with E-state index in [2.05, 4.69) is 46.4 Å². The topological polar surface area (TPSA) is 134 Å². The van der Waals surface area contributed by atoms with Crippen molar-refractivity contribution in [3.63, 3.8) is 0 Å². The number of nitrogens with one attached hydrogen (secondary N) is 2. The number of fused-ring (bicyclic) bond motifs is 3. The van der Waals surface area contributed by atoms with Gasteiger partial charge in [0.15, 0.2) is 5.78 Å². The van der Waals surface area contributed by atoms with Crippen LogP contribution in [0.1, 0.15) is 139 Å². The predicted molar refractivity (Wildman–Crippen MR) is 220 cm³/mol. The molecular weight excluding hydrogens is 717 g/mol. The molecule has 0 bridgehead atoms. The minimum Gasteiger partial charge on any atom is -0.444 e. The second-order valence-corrected chi connectivity index (χ2v) is 18.7. The van der Waals surface area contributed by atoms with Gasteiger partial charge in [0.25, 0.3) is 0 Å². The Labute approximate surface area is 333 Å². The average Bonchev–Trinajstić information content (AvgIpc) is 3.99. The molecule has 1 saturated carbocycles. The lowest BCUT2D eigenvalue weighted by Gasteiger charge is -2.31. The number of rotatable bonds is 4. The number of hydrogen-bond acceptors (Lipinski definition) is 7. The maximum Gasteiger partial charge on any atom is 0.410 e. The van der Waals surface area contributed by atoms with Crippen molar-refractivity contribution >= 4 is 40.0 Å². The number of aromatic amines is 2. The summed E-state index contributed by atoms with van der Waals surface area (Å²) in [5, 5.41) is 0. The van der Waals surface area contributed by atoms with Gasteiger partial charge in [-0.15, -0.1) is 0 Å². The number of ketones is 1. The molecule has 11 heteroatoms. The van der Waals surface area contributed by atoms with E-state index in [-0.39, 0.29) is 35.5 Å². The van der Waals surface area contributed by atoms with E-state index in [1.807, 2.05) is 53.7 Å². The van der Waals surface area contributed by atoms with Gasteiger partial charge in [0, 0.05) is 24.1 Å². The van der Waals surface area contributed by atoms with Gasteiger partial charge < -0.3 is 19.4 Å². The van der Waals surface area contributed by atoms with Gasteiger partial charge in [-0.2, -0.15) is 0 Å². The first-order chi connectivity index (χ1) is 27.2. The molecule has 3 fully saturated rings. The number of amides is 2. The zero-order chi connectivity index (χ0) is 39.9. The monoisotopic (exact) mass is 770 g/mol. The number of aromatic nitrogens is 4. The van der Waals surface area contributed by atoms with Crippen molar-refractivity contribution in [2.24, 2.45) is 5.41 Å². The first-order valence-corrected chi connectivity index (χ1v) is 20.9. The van der Waals surface area contributed by atoms with E-state index in [1.54, 1.807) is 9.80 Å². The zero-order valence-corrected chi connectivity index (χ0v) is 34.1. The van der Waals surface area contributed by atoms with Crippen LogP contribution in [0, 0.1) is 5.41 Å². The fraction of sp³-hybridized carbons (Fsp3) is 0.500. The highest BCUT2D eigenvalue weighted by molar-refractivity contribution is 6.12. The molecule has 2 aliphatic carbocycles.